The molecule has 0 radical (unpaired) electrons. The summed E-state index contributed by atoms with van der Waals surface area (Å²) in [6.07, 6.45) is 2.59. The lowest BCUT2D eigenvalue weighted by atomic mass is 10.1. The monoisotopic (exact) mass is 205 g/mol. The molecule has 2 aromatic rings. The van der Waals surface area contributed by atoms with Crippen molar-refractivity contribution in [1.29, 1.82) is 0 Å². The summed E-state index contributed by atoms with van der Waals surface area (Å²) in [5.74, 6) is 0.308. The van der Waals surface area contributed by atoms with Gasteiger partial charge < -0.3 is 0 Å². The molecule has 1 atom stereocenters. The Kier molecular flexibility index (Phi) is 2.40. The van der Waals surface area contributed by atoms with Crippen LogP contribution in [0.2, 0.25) is 0 Å². The van der Waals surface area contributed by atoms with Gasteiger partial charge in [-0.2, -0.15) is 0 Å². The summed E-state index contributed by atoms with van der Waals surface area (Å²) >= 11 is 0. The van der Waals surface area contributed by atoms with Gasteiger partial charge >= 0.3 is 0 Å². The van der Waals surface area contributed by atoms with Crippen LogP contribution in [0.5, 0.6) is 0 Å². The molecule has 1 unspecified atom stereocenters. The van der Waals surface area contributed by atoms with E-state index in [-0.39, 0.29) is 11.1 Å². The molecule has 0 aromatic carbocycles. The van der Waals surface area contributed by atoms with E-state index >= 15 is 0 Å². The van der Waals surface area contributed by atoms with Crippen LogP contribution in [0.1, 0.15) is 31.9 Å². The van der Waals surface area contributed by atoms with Gasteiger partial charge in [-0.3, -0.25) is 4.79 Å². The van der Waals surface area contributed by atoms with Gasteiger partial charge in [0.2, 0.25) is 5.65 Å². The number of nitrogens with one attached hydrogen (secondary N) is 1. The Morgan fingerprint density at radius 3 is 3.07 bits per heavy atom. The Morgan fingerprint density at radius 1 is 1.53 bits per heavy atom. The minimum atomic E-state index is -0.358. The molecule has 0 amide bonds. The van der Waals surface area contributed by atoms with E-state index in [4.69, 9.17) is 0 Å². The molecule has 0 saturated heterocycles. The predicted molar refractivity (Wildman–Crippen MR) is 54.5 cm³/mol. The van der Waals surface area contributed by atoms with Crippen molar-refractivity contribution in [2.75, 3.05) is 0 Å². The normalized spacial score (nSPS) is 12.9. The summed E-state index contributed by atoms with van der Waals surface area (Å²) in [5, 5.41) is 9.41. The zero-order chi connectivity index (χ0) is 10.8. The first-order chi connectivity index (χ1) is 7.22. The summed E-state index contributed by atoms with van der Waals surface area (Å²) in [6.45, 7) is 4.12. The van der Waals surface area contributed by atoms with Crippen molar-refractivity contribution in [3.05, 3.63) is 22.2 Å². The number of H-pyrrole nitrogens is 1. The fraction of sp³-hybridized carbons (Fsp3) is 0.444. The molecule has 15 heavy (non-hydrogen) atoms. The molecule has 0 saturated carbocycles. The van der Waals surface area contributed by atoms with Gasteiger partial charge in [-0.05, 0) is 12.3 Å². The van der Waals surface area contributed by atoms with E-state index in [1.165, 1.54) is 0 Å². The Hall–Kier alpha value is -1.85. The summed E-state index contributed by atoms with van der Waals surface area (Å²) in [4.78, 5) is 19.6. The standard InChI is InChI=1S/C9H11N5O/c1-3-5(2)6-4-10-7-8(11-6)12-14-13-9(7)15/h4-5H,3H2,1-2H3,(H,11,12,13,15). The Bertz CT molecular complexity index is 535. The molecule has 78 valence electrons. The smallest absolute Gasteiger partial charge is 0.265 e. The lowest BCUT2D eigenvalue weighted by molar-refractivity contribution is 0.704. The Balaban J connectivity index is 2.62. The first-order valence-electron chi connectivity index (χ1n) is 4.80. The van der Waals surface area contributed by atoms with Crippen LogP contribution in [-0.4, -0.2) is 25.4 Å². The molecule has 2 rings (SSSR count). The summed E-state index contributed by atoms with van der Waals surface area (Å²) in [7, 11) is 0. The maximum Gasteiger partial charge on any atom is 0.295 e. The van der Waals surface area contributed by atoms with Gasteiger partial charge in [-0.1, -0.05) is 19.1 Å². The third-order valence-electron chi connectivity index (χ3n) is 2.40. The van der Waals surface area contributed by atoms with Crippen LogP contribution in [0, 0.1) is 0 Å². The molecular formula is C9H11N5O. The molecule has 0 aliphatic rings. The molecule has 0 aliphatic heterocycles. The van der Waals surface area contributed by atoms with Crippen LogP contribution >= 0.6 is 0 Å². The average Bonchev–Trinajstić information content (AvgIpc) is 2.28. The van der Waals surface area contributed by atoms with E-state index < -0.39 is 0 Å². The number of rotatable bonds is 2. The van der Waals surface area contributed by atoms with Crippen molar-refractivity contribution in [1.82, 2.24) is 25.4 Å². The minimum absolute atomic E-state index is 0.233. The molecule has 0 aliphatic carbocycles. The van der Waals surface area contributed by atoms with E-state index in [2.05, 4.69) is 39.2 Å². The van der Waals surface area contributed by atoms with Crippen molar-refractivity contribution in [3.8, 4) is 0 Å². The van der Waals surface area contributed by atoms with Gasteiger partial charge in [0.1, 0.15) is 0 Å². The first kappa shape index (κ1) is 9.70. The molecule has 6 nitrogen and oxygen atoms in total. The van der Waals surface area contributed by atoms with Crippen LogP contribution in [-0.2, 0) is 0 Å². The third kappa shape index (κ3) is 1.70. The highest BCUT2D eigenvalue weighted by atomic mass is 16.1. The molecular weight excluding hydrogens is 194 g/mol. The second kappa shape index (κ2) is 3.72. The van der Waals surface area contributed by atoms with Gasteiger partial charge in [-0.25, -0.2) is 15.1 Å². The molecule has 2 aromatic heterocycles. The van der Waals surface area contributed by atoms with Crippen molar-refractivity contribution < 1.29 is 0 Å². The fourth-order valence-electron chi connectivity index (χ4n) is 1.24. The van der Waals surface area contributed by atoms with Crippen molar-refractivity contribution >= 4 is 11.2 Å². The average molecular weight is 205 g/mol. The summed E-state index contributed by atoms with van der Waals surface area (Å²) in [6, 6.07) is 0. The highest BCUT2D eigenvalue weighted by molar-refractivity contribution is 5.66. The molecule has 1 N–H and O–H groups in total. The molecule has 0 spiro atoms. The molecule has 6 heteroatoms. The van der Waals surface area contributed by atoms with E-state index in [0.29, 0.717) is 11.6 Å². The van der Waals surface area contributed by atoms with Gasteiger partial charge in [0.25, 0.3) is 5.56 Å². The van der Waals surface area contributed by atoms with E-state index in [9.17, 15) is 4.79 Å². The fourth-order valence-corrected chi connectivity index (χ4v) is 1.24. The number of hydrogen-bond acceptors (Lipinski definition) is 5. The van der Waals surface area contributed by atoms with Gasteiger partial charge in [0.15, 0.2) is 5.52 Å². The van der Waals surface area contributed by atoms with Crippen LogP contribution in [0.15, 0.2) is 11.0 Å². The second-order valence-corrected chi connectivity index (χ2v) is 3.42. The topological polar surface area (TPSA) is 84.4 Å². The van der Waals surface area contributed by atoms with Crippen molar-refractivity contribution in [2.45, 2.75) is 26.2 Å². The molecule has 0 bridgehead atoms. The van der Waals surface area contributed by atoms with Crippen molar-refractivity contribution in [3.63, 3.8) is 0 Å². The highest BCUT2D eigenvalue weighted by Crippen LogP contribution is 2.15. The number of aromatic amines is 1. The van der Waals surface area contributed by atoms with Gasteiger partial charge in [0, 0.05) is 6.20 Å². The number of aromatic nitrogens is 5. The van der Waals surface area contributed by atoms with Crippen LogP contribution < -0.4 is 5.56 Å². The zero-order valence-electron chi connectivity index (χ0n) is 8.56. The van der Waals surface area contributed by atoms with E-state index in [1.54, 1.807) is 6.20 Å². The molecule has 2 heterocycles. The largest absolute Gasteiger partial charge is 0.295 e. The Morgan fingerprint density at radius 2 is 2.33 bits per heavy atom. The summed E-state index contributed by atoms with van der Waals surface area (Å²) < 4.78 is 0. The minimum Gasteiger partial charge on any atom is -0.265 e. The highest BCUT2D eigenvalue weighted by Gasteiger charge is 2.09. The van der Waals surface area contributed by atoms with Crippen LogP contribution in [0.25, 0.3) is 11.2 Å². The summed E-state index contributed by atoms with van der Waals surface area (Å²) in [5.41, 5.74) is 1.02. The van der Waals surface area contributed by atoms with Gasteiger partial charge in [0.05, 0.1) is 5.69 Å². The lowest BCUT2D eigenvalue weighted by Gasteiger charge is -2.06. The lowest BCUT2D eigenvalue weighted by Crippen LogP contribution is -2.13. The van der Waals surface area contributed by atoms with Crippen LogP contribution in [0.4, 0.5) is 0 Å². The maximum absolute atomic E-state index is 11.3. The van der Waals surface area contributed by atoms with Crippen LogP contribution in [0.3, 0.4) is 0 Å². The second-order valence-electron chi connectivity index (χ2n) is 3.42. The third-order valence-corrected chi connectivity index (χ3v) is 2.40. The SMILES string of the molecule is CCC(C)c1cnc2c(=O)[nH]nnc2n1. The maximum atomic E-state index is 11.3. The predicted octanol–water partition coefficient (Wildman–Crippen LogP) is 0.622. The van der Waals surface area contributed by atoms with Crippen molar-refractivity contribution in [2.24, 2.45) is 0 Å². The quantitative estimate of drug-likeness (QED) is 0.776. The number of fused-ring (bicyclic) bond motifs is 1. The molecule has 0 fully saturated rings. The zero-order valence-corrected chi connectivity index (χ0v) is 8.56. The Labute approximate surface area is 85.8 Å². The van der Waals surface area contributed by atoms with Gasteiger partial charge in [-0.15, -0.1) is 5.10 Å². The number of nitrogens with zero attached hydrogens (tertiary/aromatic N) is 4. The number of hydrogen-bond donors (Lipinski definition) is 1. The van der Waals surface area contributed by atoms with E-state index in [1.807, 2.05) is 0 Å². The van der Waals surface area contributed by atoms with E-state index in [0.717, 1.165) is 12.1 Å². The first-order valence-corrected chi connectivity index (χ1v) is 4.80.